The van der Waals surface area contributed by atoms with Crippen LogP contribution in [0.3, 0.4) is 0 Å². The van der Waals surface area contributed by atoms with Gasteiger partial charge in [0.25, 0.3) is 0 Å². The van der Waals surface area contributed by atoms with Crippen LogP contribution in [0.5, 0.6) is 0 Å². The average molecular weight is 290 g/mol. The molecule has 3 nitrogen and oxygen atoms in total. The minimum absolute atomic E-state index is 0.144. The lowest BCUT2D eigenvalue weighted by molar-refractivity contribution is 0.549. The van der Waals surface area contributed by atoms with Crippen molar-refractivity contribution < 1.29 is 0 Å². The number of hydrogen-bond donors (Lipinski definition) is 2. The van der Waals surface area contributed by atoms with Gasteiger partial charge in [0.15, 0.2) is 0 Å². The van der Waals surface area contributed by atoms with E-state index in [2.05, 4.69) is 29.4 Å². The van der Waals surface area contributed by atoms with Gasteiger partial charge in [0.05, 0.1) is 0 Å². The van der Waals surface area contributed by atoms with Crippen LogP contribution >= 0.6 is 11.6 Å². The Morgan fingerprint density at radius 2 is 2.15 bits per heavy atom. The van der Waals surface area contributed by atoms with Crippen molar-refractivity contribution in [2.45, 2.75) is 26.3 Å². The fourth-order valence-corrected chi connectivity index (χ4v) is 2.53. The maximum atomic E-state index is 6.05. The lowest BCUT2D eigenvalue weighted by atomic mass is 9.98. The third-order valence-corrected chi connectivity index (χ3v) is 3.48. The number of nitrogen functional groups attached to an aromatic ring is 1. The van der Waals surface area contributed by atoms with Crippen LogP contribution in [0.1, 0.15) is 29.7 Å². The first-order chi connectivity index (χ1) is 9.60. The van der Waals surface area contributed by atoms with Crippen LogP contribution in [0.15, 0.2) is 36.5 Å². The molecule has 0 saturated heterocycles. The Labute approximate surface area is 125 Å². The third kappa shape index (κ3) is 3.71. The van der Waals surface area contributed by atoms with Crippen molar-refractivity contribution in [2.75, 3.05) is 12.3 Å². The predicted octanol–water partition coefficient (Wildman–Crippen LogP) is 3.52. The van der Waals surface area contributed by atoms with E-state index in [-0.39, 0.29) is 6.04 Å². The molecule has 1 atom stereocenters. The summed E-state index contributed by atoms with van der Waals surface area (Å²) in [4.78, 5) is 4.25. The van der Waals surface area contributed by atoms with Gasteiger partial charge >= 0.3 is 0 Å². The van der Waals surface area contributed by atoms with E-state index in [1.54, 1.807) is 6.20 Å². The highest BCUT2D eigenvalue weighted by Crippen LogP contribution is 2.24. The molecule has 3 N–H and O–H groups in total. The number of rotatable bonds is 5. The normalized spacial score (nSPS) is 12.3. The summed E-state index contributed by atoms with van der Waals surface area (Å²) in [6.45, 7) is 4.99. The standard InChI is InChI=1S/C16H20ClN3/c1-3-19-15(9-12-5-4-6-13(17)8-12)14-7-11(2)10-20-16(14)18/h4-8,10,15,19H,3,9H2,1-2H3,(H2,18,20). The van der Waals surface area contributed by atoms with E-state index >= 15 is 0 Å². The Morgan fingerprint density at radius 1 is 1.35 bits per heavy atom. The van der Waals surface area contributed by atoms with Crippen LogP contribution in [0.4, 0.5) is 5.82 Å². The van der Waals surface area contributed by atoms with Gasteiger partial charge in [-0.1, -0.05) is 30.7 Å². The molecule has 106 valence electrons. The molecule has 2 rings (SSSR count). The molecule has 0 fully saturated rings. The quantitative estimate of drug-likeness (QED) is 0.885. The molecule has 1 aromatic heterocycles. The van der Waals surface area contributed by atoms with Crippen molar-refractivity contribution in [2.24, 2.45) is 0 Å². The fourth-order valence-electron chi connectivity index (χ4n) is 2.32. The van der Waals surface area contributed by atoms with E-state index in [0.29, 0.717) is 5.82 Å². The summed E-state index contributed by atoms with van der Waals surface area (Å²) in [5.74, 6) is 0.587. The van der Waals surface area contributed by atoms with Gasteiger partial charge in [0, 0.05) is 22.8 Å². The van der Waals surface area contributed by atoms with E-state index in [1.807, 2.05) is 25.1 Å². The summed E-state index contributed by atoms with van der Waals surface area (Å²) in [6.07, 6.45) is 2.63. The second-order valence-corrected chi connectivity index (χ2v) is 5.37. The van der Waals surface area contributed by atoms with Crippen LogP contribution in [-0.4, -0.2) is 11.5 Å². The molecule has 1 aromatic carbocycles. The molecule has 0 radical (unpaired) electrons. The second kappa shape index (κ2) is 6.73. The van der Waals surface area contributed by atoms with Crippen LogP contribution in [0, 0.1) is 6.92 Å². The highest BCUT2D eigenvalue weighted by molar-refractivity contribution is 6.30. The topological polar surface area (TPSA) is 50.9 Å². The first kappa shape index (κ1) is 14.8. The van der Waals surface area contributed by atoms with Crippen molar-refractivity contribution in [3.05, 3.63) is 58.2 Å². The van der Waals surface area contributed by atoms with Gasteiger partial charge in [-0.25, -0.2) is 4.98 Å². The number of nitrogens with one attached hydrogen (secondary N) is 1. The number of aromatic nitrogens is 1. The Hall–Kier alpha value is -1.58. The van der Waals surface area contributed by atoms with Crippen LogP contribution in [-0.2, 0) is 6.42 Å². The van der Waals surface area contributed by atoms with Gasteiger partial charge in [-0.15, -0.1) is 0 Å². The number of pyridine rings is 1. The lowest BCUT2D eigenvalue weighted by Gasteiger charge is -2.20. The number of nitrogens with zero attached hydrogens (tertiary/aromatic N) is 1. The number of hydrogen-bond acceptors (Lipinski definition) is 3. The van der Waals surface area contributed by atoms with Crippen molar-refractivity contribution in [1.82, 2.24) is 10.3 Å². The summed E-state index contributed by atoms with van der Waals surface area (Å²) in [5.41, 5.74) is 9.37. The number of aryl methyl sites for hydroxylation is 1. The average Bonchev–Trinajstić information content (AvgIpc) is 2.41. The van der Waals surface area contributed by atoms with Gasteiger partial charge in [0.1, 0.15) is 5.82 Å². The lowest BCUT2D eigenvalue weighted by Crippen LogP contribution is -2.24. The van der Waals surface area contributed by atoms with Crippen molar-refractivity contribution in [1.29, 1.82) is 0 Å². The highest BCUT2D eigenvalue weighted by Gasteiger charge is 2.15. The smallest absolute Gasteiger partial charge is 0.128 e. The van der Waals surface area contributed by atoms with Gasteiger partial charge in [-0.3, -0.25) is 0 Å². The fraction of sp³-hybridized carbons (Fsp3) is 0.312. The van der Waals surface area contributed by atoms with Gasteiger partial charge < -0.3 is 11.1 Å². The molecule has 1 heterocycles. The molecule has 0 aliphatic heterocycles. The first-order valence-electron chi connectivity index (χ1n) is 6.80. The van der Waals surface area contributed by atoms with E-state index in [9.17, 15) is 0 Å². The molecule has 0 amide bonds. The molecule has 0 aliphatic rings. The Bertz CT molecular complexity index is 584. The minimum atomic E-state index is 0.144. The molecule has 20 heavy (non-hydrogen) atoms. The van der Waals surface area contributed by atoms with E-state index < -0.39 is 0 Å². The maximum absolute atomic E-state index is 6.05. The Balaban J connectivity index is 2.29. The number of benzene rings is 1. The summed E-state index contributed by atoms with van der Waals surface area (Å²) in [7, 11) is 0. The summed E-state index contributed by atoms with van der Waals surface area (Å²) in [6, 6.07) is 10.2. The third-order valence-electron chi connectivity index (χ3n) is 3.24. The zero-order chi connectivity index (χ0) is 14.5. The van der Waals surface area contributed by atoms with E-state index in [0.717, 1.165) is 29.1 Å². The van der Waals surface area contributed by atoms with Gasteiger partial charge in [0.2, 0.25) is 0 Å². The number of anilines is 1. The highest BCUT2D eigenvalue weighted by atomic mass is 35.5. The molecular weight excluding hydrogens is 270 g/mol. The predicted molar refractivity (Wildman–Crippen MR) is 85.0 cm³/mol. The maximum Gasteiger partial charge on any atom is 0.128 e. The van der Waals surface area contributed by atoms with Crippen LogP contribution in [0.25, 0.3) is 0 Å². The SMILES string of the molecule is CCNC(Cc1cccc(Cl)c1)c1cc(C)cnc1N. The van der Waals surface area contributed by atoms with Crippen LogP contribution in [0.2, 0.25) is 5.02 Å². The molecule has 2 aromatic rings. The van der Waals surface area contributed by atoms with E-state index in [1.165, 1.54) is 5.56 Å². The molecule has 4 heteroatoms. The summed E-state index contributed by atoms with van der Waals surface area (Å²) >= 11 is 6.05. The summed E-state index contributed by atoms with van der Waals surface area (Å²) < 4.78 is 0. The van der Waals surface area contributed by atoms with Gasteiger partial charge in [-0.05, 0) is 49.2 Å². The number of nitrogens with two attached hydrogens (primary N) is 1. The van der Waals surface area contributed by atoms with Crippen LogP contribution < -0.4 is 11.1 Å². The first-order valence-corrected chi connectivity index (χ1v) is 7.17. The minimum Gasteiger partial charge on any atom is -0.383 e. The van der Waals surface area contributed by atoms with Crippen molar-refractivity contribution in [3.8, 4) is 0 Å². The van der Waals surface area contributed by atoms with E-state index in [4.69, 9.17) is 17.3 Å². The molecule has 0 aliphatic carbocycles. The second-order valence-electron chi connectivity index (χ2n) is 4.93. The molecule has 0 bridgehead atoms. The zero-order valence-electron chi connectivity index (χ0n) is 11.9. The Kier molecular flexibility index (Phi) is 4.99. The number of halogens is 1. The molecule has 0 saturated carbocycles. The Morgan fingerprint density at radius 3 is 2.85 bits per heavy atom. The van der Waals surface area contributed by atoms with Crippen molar-refractivity contribution in [3.63, 3.8) is 0 Å². The monoisotopic (exact) mass is 289 g/mol. The number of likely N-dealkylation sites (N-methyl/N-ethyl adjacent to an activating group) is 1. The zero-order valence-corrected chi connectivity index (χ0v) is 12.6. The van der Waals surface area contributed by atoms with Gasteiger partial charge in [-0.2, -0.15) is 0 Å². The molecule has 0 spiro atoms. The largest absolute Gasteiger partial charge is 0.383 e. The molecular formula is C16H20ClN3. The van der Waals surface area contributed by atoms with Crippen molar-refractivity contribution >= 4 is 17.4 Å². The summed E-state index contributed by atoms with van der Waals surface area (Å²) in [5, 5.41) is 4.23. The molecule has 1 unspecified atom stereocenters.